The third-order valence-corrected chi connectivity index (χ3v) is 3.12. The van der Waals surface area contributed by atoms with E-state index in [4.69, 9.17) is 5.84 Å². The SMILES string of the molecule is CCN(CC(=O)N(C)C)Cc1ccc([N+](=O)[O-])c(NN)c1. The van der Waals surface area contributed by atoms with Gasteiger partial charge >= 0.3 is 0 Å². The van der Waals surface area contributed by atoms with Crippen molar-refractivity contribution < 1.29 is 9.72 Å². The quantitative estimate of drug-likeness (QED) is 0.438. The molecule has 21 heavy (non-hydrogen) atoms. The van der Waals surface area contributed by atoms with Crippen molar-refractivity contribution in [3.63, 3.8) is 0 Å². The molecule has 0 saturated heterocycles. The fourth-order valence-corrected chi connectivity index (χ4v) is 1.83. The lowest BCUT2D eigenvalue weighted by atomic mass is 10.1. The van der Waals surface area contributed by atoms with Crippen molar-refractivity contribution in [2.75, 3.05) is 32.6 Å². The molecule has 0 aromatic heterocycles. The summed E-state index contributed by atoms with van der Waals surface area (Å²) in [5, 5.41) is 10.8. The van der Waals surface area contributed by atoms with E-state index >= 15 is 0 Å². The van der Waals surface area contributed by atoms with Crippen LogP contribution in [0, 0.1) is 10.1 Å². The minimum absolute atomic E-state index is 0.0101. The normalized spacial score (nSPS) is 10.5. The van der Waals surface area contributed by atoms with Crippen LogP contribution in [0.25, 0.3) is 0 Å². The van der Waals surface area contributed by atoms with Gasteiger partial charge in [-0.2, -0.15) is 0 Å². The molecule has 0 atom stereocenters. The molecule has 0 heterocycles. The zero-order valence-electron chi connectivity index (χ0n) is 12.5. The van der Waals surface area contributed by atoms with E-state index in [-0.39, 0.29) is 17.3 Å². The Kier molecular flexibility index (Phi) is 6.07. The second-order valence-electron chi connectivity index (χ2n) is 4.84. The monoisotopic (exact) mass is 295 g/mol. The lowest BCUT2D eigenvalue weighted by molar-refractivity contribution is -0.384. The van der Waals surface area contributed by atoms with E-state index in [2.05, 4.69) is 5.43 Å². The summed E-state index contributed by atoms with van der Waals surface area (Å²) in [7, 11) is 3.41. The van der Waals surface area contributed by atoms with Crippen molar-refractivity contribution in [3.8, 4) is 0 Å². The number of carbonyl (C=O) groups is 1. The van der Waals surface area contributed by atoms with Gasteiger partial charge in [0.15, 0.2) is 0 Å². The zero-order chi connectivity index (χ0) is 16.0. The molecule has 0 spiro atoms. The van der Waals surface area contributed by atoms with Gasteiger partial charge in [-0.15, -0.1) is 0 Å². The van der Waals surface area contributed by atoms with Gasteiger partial charge in [0.2, 0.25) is 5.91 Å². The first-order valence-corrected chi connectivity index (χ1v) is 6.55. The van der Waals surface area contributed by atoms with Crippen LogP contribution in [0.3, 0.4) is 0 Å². The van der Waals surface area contributed by atoms with Crippen LogP contribution in [0.5, 0.6) is 0 Å². The molecular formula is C13H21N5O3. The molecule has 1 aromatic rings. The van der Waals surface area contributed by atoms with Crippen molar-refractivity contribution >= 4 is 17.3 Å². The Bertz CT molecular complexity index is 519. The Morgan fingerprint density at radius 1 is 1.43 bits per heavy atom. The second kappa shape index (κ2) is 7.55. The summed E-state index contributed by atoms with van der Waals surface area (Å²) in [6.07, 6.45) is 0. The minimum atomic E-state index is -0.494. The summed E-state index contributed by atoms with van der Waals surface area (Å²) in [4.78, 5) is 25.6. The number of amides is 1. The highest BCUT2D eigenvalue weighted by atomic mass is 16.6. The average Bonchev–Trinajstić information content (AvgIpc) is 2.45. The lowest BCUT2D eigenvalue weighted by Gasteiger charge is -2.22. The van der Waals surface area contributed by atoms with Crippen LogP contribution in [0.4, 0.5) is 11.4 Å². The fraction of sp³-hybridized carbons (Fsp3) is 0.462. The van der Waals surface area contributed by atoms with Crippen LogP contribution in [-0.2, 0) is 11.3 Å². The maximum atomic E-state index is 11.7. The number of likely N-dealkylation sites (N-methyl/N-ethyl adjacent to an activating group) is 2. The van der Waals surface area contributed by atoms with E-state index in [0.717, 1.165) is 5.56 Å². The number of hydrogen-bond acceptors (Lipinski definition) is 6. The van der Waals surface area contributed by atoms with Crippen molar-refractivity contribution in [1.82, 2.24) is 9.80 Å². The van der Waals surface area contributed by atoms with Crippen LogP contribution >= 0.6 is 0 Å². The molecule has 0 bridgehead atoms. The molecule has 0 aliphatic heterocycles. The topological polar surface area (TPSA) is 105 Å². The Morgan fingerprint density at radius 2 is 2.10 bits per heavy atom. The average molecular weight is 295 g/mol. The Balaban J connectivity index is 2.85. The molecule has 0 saturated carbocycles. The second-order valence-corrected chi connectivity index (χ2v) is 4.84. The number of hydrogen-bond donors (Lipinski definition) is 2. The van der Waals surface area contributed by atoms with Crippen LogP contribution in [0.15, 0.2) is 18.2 Å². The highest BCUT2D eigenvalue weighted by molar-refractivity contribution is 5.77. The summed E-state index contributed by atoms with van der Waals surface area (Å²) < 4.78 is 0. The first-order chi connectivity index (χ1) is 9.88. The number of nitro groups is 1. The van der Waals surface area contributed by atoms with E-state index < -0.39 is 4.92 Å². The van der Waals surface area contributed by atoms with Crippen LogP contribution in [-0.4, -0.2) is 47.8 Å². The molecule has 116 valence electrons. The van der Waals surface area contributed by atoms with Crippen molar-refractivity contribution in [2.24, 2.45) is 5.84 Å². The van der Waals surface area contributed by atoms with Gasteiger partial charge in [-0.1, -0.05) is 13.0 Å². The molecule has 8 nitrogen and oxygen atoms in total. The third kappa shape index (κ3) is 4.69. The number of nitro benzene ring substituents is 1. The highest BCUT2D eigenvalue weighted by Crippen LogP contribution is 2.25. The standard InChI is InChI=1S/C13H21N5O3/c1-4-17(9-13(19)16(2)3)8-10-5-6-12(18(20)21)11(7-10)15-14/h5-7,15H,4,8-9,14H2,1-3H3. The highest BCUT2D eigenvalue weighted by Gasteiger charge is 2.15. The summed E-state index contributed by atoms with van der Waals surface area (Å²) in [5.74, 6) is 5.32. The van der Waals surface area contributed by atoms with E-state index in [0.29, 0.717) is 19.6 Å². The third-order valence-electron chi connectivity index (χ3n) is 3.12. The molecule has 1 aromatic carbocycles. The number of benzene rings is 1. The smallest absolute Gasteiger partial charge is 0.293 e. The number of hydrazine groups is 1. The minimum Gasteiger partial charge on any atom is -0.348 e. The van der Waals surface area contributed by atoms with Crippen LogP contribution in [0.2, 0.25) is 0 Å². The number of carbonyl (C=O) groups excluding carboxylic acids is 1. The predicted octanol–water partition coefficient (Wildman–Crippen LogP) is 0.791. The van der Waals surface area contributed by atoms with Crippen molar-refractivity contribution in [3.05, 3.63) is 33.9 Å². The maximum absolute atomic E-state index is 11.7. The van der Waals surface area contributed by atoms with Gasteiger partial charge in [0.25, 0.3) is 5.69 Å². The molecule has 0 unspecified atom stereocenters. The maximum Gasteiger partial charge on any atom is 0.293 e. The molecule has 0 aliphatic rings. The Morgan fingerprint density at radius 3 is 2.57 bits per heavy atom. The van der Waals surface area contributed by atoms with E-state index in [9.17, 15) is 14.9 Å². The summed E-state index contributed by atoms with van der Waals surface area (Å²) in [6.45, 7) is 3.47. The molecule has 1 amide bonds. The van der Waals surface area contributed by atoms with Gasteiger partial charge in [0.1, 0.15) is 5.69 Å². The summed E-state index contributed by atoms with van der Waals surface area (Å²) >= 11 is 0. The molecule has 8 heteroatoms. The number of nitrogens with zero attached hydrogens (tertiary/aromatic N) is 3. The Hall–Kier alpha value is -2.19. The molecule has 0 aliphatic carbocycles. The molecule has 3 N–H and O–H groups in total. The molecule has 0 fully saturated rings. The number of rotatable bonds is 7. The van der Waals surface area contributed by atoms with Gasteiger partial charge < -0.3 is 10.3 Å². The van der Waals surface area contributed by atoms with Crippen LogP contribution < -0.4 is 11.3 Å². The Labute approximate surface area is 123 Å². The van der Waals surface area contributed by atoms with Crippen molar-refractivity contribution in [2.45, 2.75) is 13.5 Å². The van der Waals surface area contributed by atoms with Crippen LogP contribution in [0.1, 0.15) is 12.5 Å². The number of nitrogen functional groups attached to an aromatic ring is 1. The van der Waals surface area contributed by atoms with Gasteiger partial charge in [-0.3, -0.25) is 25.7 Å². The number of nitrogens with one attached hydrogen (secondary N) is 1. The van der Waals surface area contributed by atoms with Gasteiger partial charge in [0, 0.05) is 26.7 Å². The van der Waals surface area contributed by atoms with E-state index in [1.54, 1.807) is 26.2 Å². The molecule has 1 rings (SSSR count). The first-order valence-electron chi connectivity index (χ1n) is 6.55. The van der Waals surface area contributed by atoms with Gasteiger partial charge in [0.05, 0.1) is 11.5 Å². The lowest BCUT2D eigenvalue weighted by Crippen LogP contribution is -2.36. The van der Waals surface area contributed by atoms with Gasteiger partial charge in [-0.05, 0) is 18.2 Å². The molecular weight excluding hydrogens is 274 g/mol. The number of anilines is 1. The van der Waals surface area contributed by atoms with Crippen molar-refractivity contribution in [1.29, 1.82) is 0 Å². The zero-order valence-corrected chi connectivity index (χ0v) is 12.5. The fourth-order valence-electron chi connectivity index (χ4n) is 1.83. The van der Waals surface area contributed by atoms with Gasteiger partial charge in [-0.25, -0.2) is 0 Å². The molecule has 0 radical (unpaired) electrons. The first kappa shape index (κ1) is 16.9. The predicted molar refractivity (Wildman–Crippen MR) is 80.6 cm³/mol. The number of nitrogens with two attached hydrogens (primary N) is 1. The summed E-state index contributed by atoms with van der Waals surface area (Å²) in [5.41, 5.74) is 3.36. The van der Waals surface area contributed by atoms with E-state index in [1.165, 1.54) is 11.0 Å². The summed E-state index contributed by atoms with van der Waals surface area (Å²) in [6, 6.07) is 4.70. The van der Waals surface area contributed by atoms with E-state index in [1.807, 2.05) is 11.8 Å². The largest absolute Gasteiger partial charge is 0.348 e.